The van der Waals surface area contributed by atoms with E-state index in [1.165, 1.54) is 11.1 Å². The molecule has 0 bridgehead atoms. The first kappa shape index (κ1) is 19.0. The van der Waals surface area contributed by atoms with Crippen molar-refractivity contribution in [1.29, 1.82) is 0 Å². The lowest BCUT2D eigenvalue weighted by molar-refractivity contribution is -0.130. The van der Waals surface area contributed by atoms with Crippen LogP contribution in [0.1, 0.15) is 18.5 Å². The highest BCUT2D eigenvalue weighted by Gasteiger charge is 2.39. The Hall–Kier alpha value is -3.38. The second-order valence-corrected chi connectivity index (χ2v) is 7.22. The van der Waals surface area contributed by atoms with Crippen molar-refractivity contribution in [3.8, 4) is 0 Å². The van der Waals surface area contributed by atoms with Gasteiger partial charge in [0, 0.05) is 11.6 Å². The molecule has 0 aromatic heterocycles. The summed E-state index contributed by atoms with van der Waals surface area (Å²) < 4.78 is 0. The van der Waals surface area contributed by atoms with Crippen LogP contribution in [0, 0.1) is 5.92 Å². The summed E-state index contributed by atoms with van der Waals surface area (Å²) in [5.74, 6) is -1.90. The minimum Gasteiger partial charge on any atom is -0.301 e. The van der Waals surface area contributed by atoms with E-state index >= 15 is 0 Å². The maximum absolute atomic E-state index is 13.2. The molecule has 0 saturated carbocycles. The SMILES string of the molecule is C[C@@H](N=CC1C(=O)NC(=S)N(c2cccc3ccccc23)C1=O)c1ccccc1. The van der Waals surface area contributed by atoms with Gasteiger partial charge in [-0.15, -0.1) is 0 Å². The van der Waals surface area contributed by atoms with Crippen LogP contribution in [0.3, 0.4) is 0 Å². The van der Waals surface area contributed by atoms with Gasteiger partial charge in [0.15, 0.2) is 11.0 Å². The van der Waals surface area contributed by atoms with Crippen LogP contribution in [0.25, 0.3) is 10.8 Å². The fourth-order valence-electron chi connectivity index (χ4n) is 3.39. The van der Waals surface area contributed by atoms with E-state index in [-0.39, 0.29) is 11.2 Å². The summed E-state index contributed by atoms with van der Waals surface area (Å²) in [4.78, 5) is 31.5. The van der Waals surface area contributed by atoms with Gasteiger partial charge in [-0.2, -0.15) is 0 Å². The maximum atomic E-state index is 13.2. The Morgan fingerprint density at radius 3 is 2.48 bits per heavy atom. The molecule has 1 heterocycles. The molecule has 1 saturated heterocycles. The van der Waals surface area contributed by atoms with E-state index in [0.29, 0.717) is 5.69 Å². The van der Waals surface area contributed by atoms with E-state index in [1.807, 2.05) is 79.7 Å². The number of amides is 2. The number of nitrogens with zero attached hydrogens (tertiary/aromatic N) is 2. The van der Waals surface area contributed by atoms with E-state index < -0.39 is 17.7 Å². The molecular weight excluding hydrogens is 382 g/mol. The Kier molecular flexibility index (Phi) is 5.18. The number of carbonyl (C=O) groups is 2. The number of thiocarbonyl (C=S) groups is 1. The minimum absolute atomic E-state index is 0.0807. The summed E-state index contributed by atoms with van der Waals surface area (Å²) in [5.41, 5.74) is 1.65. The first-order chi connectivity index (χ1) is 14.1. The number of hydrogen-bond donors (Lipinski definition) is 1. The standard InChI is InChI=1S/C23H19N3O2S/c1-15(16-8-3-2-4-9-16)24-14-19-21(27)25-23(29)26(22(19)28)20-13-7-11-17-10-5-6-12-18(17)20/h2-15,19H,1H3,(H,25,27,29)/t15-,19?/m1/s1. The molecule has 29 heavy (non-hydrogen) atoms. The highest BCUT2D eigenvalue weighted by Crippen LogP contribution is 2.29. The lowest BCUT2D eigenvalue weighted by atomic mass is 10.0. The van der Waals surface area contributed by atoms with E-state index in [2.05, 4.69) is 10.3 Å². The predicted molar refractivity (Wildman–Crippen MR) is 119 cm³/mol. The van der Waals surface area contributed by atoms with Crippen LogP contribution >= 0.6 is 12.2 Å². The molecule has 1 unspecified atom stereocenters. The monoisotopic (exact) mass is 401 g/mol. The van der Waals surface area contributed by atoms with Crippen molar-refractivity contribution in [2.45, 2.75) is 13.0 Å². The molecule has 3 aromatic carbocycles. The minimum atomic E-state index is -1.04. The normalized spacial score (nSPS) is 18.3. The quantitative estimate of drug-likeness (QED) is 0.408. The van der Waals surface area contributed by atoms with E-state index in [0.717, 1.165) is 16.3 Å². The van der Waals surface area contributed by atoms with Crippen LogP contribution in [0.2, 0.25) is 0 Å². The van der Waals surface area contributed by atoms with Crippen molar-refractivity contribution < 1.29 is 9.59 Å². The number of nitrogens with one attached hydrogen (secondary N) is 1. The van der Waals surface area contributed by atoms with Gasteiger partial charge in [0.1, 0.15) is 0 Å². The highest BCUT2D eigenvalue weighted by molar-refractivity contribution is 7.80. The molecule has 0 aliphatic carbocycles. The van der Waals surface area contributed by atoms with Gasteiger partial charge in [-0.3, -0.25) is 19.5 Å². The average Bonchev–Trinajstić information content (AvgIpc) is 2.74. The molecular formula is C23H19N3O2S. The first-order valence-electron chi connectivity index (χ1n) is 9.31. The number of carbonyl (C=O) groups excluding carboxylic acids is 2. The largest absolute Gasteiger partial charge is 0.301 e. The zero-order valence-corrected chi connectivity index (χ0v) is 16.6. The highest BCUT2D eigenvalue weighted by atomic mass is 32.1. The topological polar surface area (TPSA) is 61.8 Å². The van der Waals surface area contributed by atoms with Crippen molar-refractivity contribution in [2.75, 3.05) is 4.90 Å². The predicted octanol–water partition coefficient (Wildman–Crippen LogP) is 4.04. The zero-order valence-electron chi connectivity index (χ0n) is 15.8. The number of benzene rings is 3. The second kappa shape index (κ2) is 7.93. The van der Waals surface area contributed by atoms with Crippen molar-refractivity contribution in [3.05, 3.63) is 78.4 Å². The average molecular weight is 401 g/mol. The van der Waals surface area contributed by atoms with Crippen molar-refractivity contribution >= 4 is 51.8 Å². The Morgan fingerprint density at radius 1 is 1.00 bits per heavy atom. The fraction of sp³-hybridized carbons (Fsp3) is 0.130. The van der Waals surface area contributed by atoms with Crippen molar-refractivity contribution in [3.63, 3.8) is 0 Å². The smallest absolute Gasteiger partial charge is 0.251 e. The van der Waals surface area contributed by atoms with Gasteiger partial charge in [0.05, 0.1) is 11.7 Å². The van der Waals surface area contributed by atoms with E-state index in [4.69, 9.17) is 12.2 Å². The summed E-state index contributed by atoms with van der Waals surface area (Å²) in [6.45, 7) is 1.92. The van der Waals surface area contributed by atoms with Crippen molar-refractivity contribution in [1.82, 2.24) is 5.32 Å². The van der Waals surface area contributed by atoms with Gasteiger partial charge in [-0.25, -0.2) is 0 Å². The van der Waals surface area contributed by atoms with Crippen LogP contribution in [0.15, 0.2) is 77.8 Å². The van der Waals surface area contributed by atoms with Crippen LogP contribution in [-0.2, 0) is 9.59 Å². The van der Waals surface area contributed by atoms with Crippen LogP contribution in [0.5, 0.6) is 0 Å². The lowest BCUT2D eigenvalue weighted by Crippen LogP contribution is -2.58. The molecule has 0 spiro atoms. The van der Waals surface area contributed by atoms with Gasteiger partial charge in [0.2, 0.25) is 5.91 Å². The number of aliphatic imine (C=N–C) groups is 1. The van der Waals surface area contributed by atoms with Gasteiger partial charge in [-0.1, -0.05) is 66.7 Å². The zero-order chi connectivity index (χ0) is 20.4. The Morgan fingerprint density at radius 2 is 1.69 bits per heavy atom. The molecule has 3 aromatic rings. The molecule has 1 N–H and O–H groups in total. The third-order valence-electron chi connectivity index (χ3n) is 4.95. The molecule has 4 rings (SSSR count). The second-order valence-electron chi connectivity index (χ2n) is 6.83. The van der Waals surface area contributed by atoms with Crippen LogP contribution < -0.4 is 10.2 Å². The number of hydrogen-bond acceptors (Lipinski definition) is 4. The summed E-state index contributed by atoms with van der Waals surface area (Å²) in [6, 6.07) is 22.9. The third-order valence-corrected chi connectivity index (χ3v) is 5.24. The van der Waals surface area contributed by atoms with Crippen molar-refractivity contribution in [2.24, 2.45) is 10.9 Å². The number of rotatable bonds is 4. The van der Waals surface area contributed by atoms with Gasteiger partial charge in [0.25, 0.3) is 5.91 Å². The molecule has 1 aliphatic rings. The summed E-state index contributed by atoms with van der Waals surface area (Å²) in [7, 11) is 0. The molecule has 1 fully saturated rings. The van der Waals surface area contributed by atoms with Crippen LogP contribution in [0.4, 0.5) is 5.69 Å². The Labute approximate surface area is 174 Å². The molecule has 2 atom stereocenters. The third kappa shape index (κ3) is 3.67. The van der Waals surface area contributed by atoms with Gasteiger partial charge < -0.3 is 5.32 Å². The number of fused-ring (bicyclic) bond motifs is 1. The van der Waals surface area contributed by atoms with Gasteiger partial charge >= 0.3 is 0 Å². The maximum Gasteiger partial charge on any atom is 0.251 e. The molecule has 6 heteroatoms. The number of anilines is 1. The molecule has 0 radical (unpaired) electrons. The summed E-state index contributed by atoms with van der Waals surface area (Å²) in [5, 5.41) is 4.59. The molecule has 1 aliphatic heterocycles. The first-order valence-corrected chi connectivity index (χ1v) is 9.72. The Bertz CT molecular complexity index is 1120. The summed E-state index contributed by atoms with van der Waals surface area (Å²) >= 11 is 5.32. The van der Waals surface area contributed by atoms with E-state index in [1.54, 1.807) is 0 Å². The van der Waals surface area contributed by atoms with Crippen LogP contribution in [-0.4, -0.2) is 23.1 Å². The Balaban J connectivity index is 1.67. The van der Waals surface area contributed by atoms with E-state index in [9.17, 15) is 9.59 Å². The fourth-order valence-corrected chi connectivity index (χ4v) is 3.67. The molecule has 5 nitrogen and oxygen atoms in total. The van der Waals surface area contributed by atoms with Gasteiger partial charge in [-0.05, 0) is 36.2 Å². The molecule has 144 valence electrons. The summed E-state index contributed by atoms with van der Waals surface area (Å²) in [6.07, 6.45) is 1.43. The lowest BCUT2D eigenvalue weighted by Gasteiger charge is -2.31. The molecule has 2 amide bonds.